The number of carbonyl (C=O) groups excluding carboxylic acids is 1. The Morgan fingerprint density at radius 3 is 2.95 bits per heavy atom. The van der Waals surface area contributed by atoms with Gasteiger partial charge in [0.05, 0.1) is 30.3 Å². The average molecular weight is 260 g/mol. The van der Waals surface area contributed by atoms with E-state index >= 15 is 0 Å². The fourth-order valence-electron chi connectivity index (χ4n) is 1.73. The van der Waals surface area contributed by atoms with Gasteiger partial charge in [0.15, 0.2) is 0 Å². The molecule has 5 heteroatoms. The number of ether oxygens (including phenoxy) is 1. The summed E-state index contributed by atoms with van der Waals surface area (Å²) in [7, 11) is 1.35. The van der Waals surface area contributed by atoms with Crippen molar-refractivity contribution in [2.24, 2.45) is 0 Å². The molecule has 0 aliphatic heterocycles. The number of nitrogen functional groups attached to an aromatic ring is 1. The van der Waals surface area contributed by atoms with Crippen molar-refractivity contribution in [1.82, 2.24) is 0 Å². The second-order valence-electron chi connectivity index (χ2n) is 4.05. The summed E-state index contributed by atoms with van der Waals surface area (Å²) >= 11 is 0. The maximum absolute atomic E-state index is 11.4. The number of benzene rings is 1. The molecule has 0 fully saturated rings. The van der Waals surface area contributed by atoms with Gasteiger partial charge in [-0.25, -0.2) is 4.79 Å². The van der Waals surface area contributed by atoms with Gasteiger partial charge in [-0.1, -0.05) is 0 Å². The van der Waals surface area contributed by atoms with E-state index in [1.165, 1.54) is 7.11 Å². The SMILES string of the molecule is COC(=O)c1ccc(N)c(NCCc2ccco2)c1. The van der Waals surface area contributed by atoms with E-state index in [1.54, 1.807) is 24.5 Å². The van der Waals surface area contributed by atoms with Gasteiger partial charge in [0.2, 0.25) is 0 Å². The van der Waals surface area contributed by atoms with Crippen LogP contribution >= 0.6 is 0 Å². The van der Waals surface area contributed by atoms with Crippen LogP contribution in [0.1, 0.15) is 16.1 Å². The van der Waals surface area contributed by atoms with Gasteiger partial charge in [-0.2, -0.15) is 0 Å². The van der Waals surface area contributed by atoms with Crippen LogP contribution in [-0.4, -0.2) is 19.6 Å². The Bertz CT molecular complexity index is 550. The van der Waals surface area contributed by atoms with Crippen LogP contribution in [0.2, 0.25) is 0 Å². The third kappa shape index (κ3) is 3.28. The van der Waals surface area contributed by atoms with Gasteiger partial charge in [0.1, 0.15) is 5.76 Å². The Balaban J connectivity index is 2.00. The van der Waals surface area contributed by atoms with Crippen LogP contribution in [-0.2, 0) is 11.2 Å². The third-order valence-electron chi connectivity index (χ3n) is 2.74. The lowest BCUT2D eigenvalue weighted by Crippen LogP contribution is -2.08. The second-order valence-corrected chi connectivity index (χ2v) is 4.05. The topological polar surface area (TPSA) is 77.5 Å². The van der Waals surface area contributed by atoms with Crippen molar-refractivity contribution in [2.45, 2.75) is 6.42 Å². The number of carbonyl (C=O) groups is 1. The van der Waals surface area contributed by atoms with E-state index in [9.17, 15) is 4.79 Å². The van der Waals surface area contributed by atoms with E-state index in [-0.39, 0.29) is 5.97 Å². The smallest absolute Gasteiger partial charge is 0.337 e. The van der Waals surface area contributed by atoms with Gasteiger partial charge in [0, 0.05) is 13.0 Å². The summed E-state index contributed by atoms with van der Waals surface area (Å²) < 4.78 is 9.91. The molecule has 5 nitrogen and oxygen atoms in total. The molecule has 0 bridgehead atoms. The molecule has 3 N–H and O–H groups in total. The first-order valence-electron chi connectivity index (χ1n) is 5.95. The lowest BCUT2D eigenvalue weighted by atomic mass is 10.1. The Labute approximate surface area is 111 Å². The zero-order chi connectivity index (χ0) is 13.7. The maximum Gasteiger partial charge on any atom is 0.337 e. The minimum atomic E-state index is -0.380. The largest absolute Gasteiger partial charge is 0.469 e. The van der Waals surface area contributed by atoms with E-state index < -0.39 is 0 Å². The van der Waals surface area contributed by atoms with Crippen molar-refractivity contribution in [3.63, 3.8) is 0 Å². The summed E-state index contributed by atoms with van der Waals surface area (Å²) in [6.45, 7) is 0.669. The molecule has 0 unspecified atom stereocenters. The lowest BCUT2D eigenvalue weighted by molar-refractivity contribution is 0.0601. The first kappa shape index (κ1) is 13.0. The molecule has 0 spiro atoms. The number of nitrogens with one attached hydrogen (secondary N) is 1. The van der Waals surface area contributed by atoms with Crippen LogP contribution in [0.4, 0.5) is 11.4 Å². The fourth-order valence-corrected chi connectivity index (χ4v) is 1.73. The number of methoxy groups -OCH3 is 1. The molecular formula is C14H16N2O3. The zero-order valence-corrected chi connectivity index (χ0v) is 10.7. The number of hydrogen-bond donors (Lipinski definition) is 2. The van der Waals surface area contributed by atoms with Crippen molar-refractivity contribution in [1.29, 1.82) is 0 Å². The summed E-state index contributed by atoms with van der Waals surface area (Å²) in [6.07, 6.45) is 2.39. The zero-order valence-electron chi connectivity index (χ0n) is 10.7. The predicted octanol–water partition coefficient (Wildman–Crippen LogP) is 2.30. The highest BCUT2D eigenvalue weighted by Crippen LogP contribution is 2.20. The molecule has 0 aliphatic rings. The van der Waals surface area contributed by atoms with Crippen molar-refractivity contribution in [3.8, 4) is 0 Å². The first-order valence-corrected chi connectivity index (χ1v) is 5.95. The van der Waals surface area contributed by atoms with E-state index in [0.29, 0.717) is 17.8 Å². The second kappa shape index (κ2) is 5.95. The number of hydrogen-bond acceptors (Lipinski definition) is 5. The van der Waals surface area contributed by atoms with E-state index in [2.05, 4.69) is 10.1 Å². The summed E-state index contributed by atoms with van der Waals surface area (Å²) in [5.74, 6) is 0.518. The van der Waals surface area contributed by atoms with Crippen LogP contribution < -0.4 is 11.1 Å². The predicted molar refractivity (Wildman–Crippen MR) is 73.1 cm³/mol. The van der Waals surface area contributed by atoms with Crippen molar-refractivity contribution >= 4 is 17.3 Å². The van der Waals surface area contributed by atoms with Gasteiger partial charge in [0.25, 0.3) is 0 Å². The van der Waals surface area contributed by atoms with Gasteiger partial charge in [-0.3, -0.25) is 0 Å². The maximum atomic E-state index is 11.4. The third-order valence-corrected chi connectivity index (χ3v) is 2.74. The number of nitrogens with two attached hydrogens (primary N) is 1. The minimum Gasteiger partial charge on any atom is -0.469 e. The van der Waals surface area contributed by atoms with Gasteiger partial charge in [-0.05, 0) is 30.3 Å². The Morgan fingerprint density at radius 1 is 1.42 bits per heavy atom. The average Bonchev–Trinajstić information content (AvgIpc) is 2.93. The number of anilines is 2. The molecule has 1 aromatic heterocycles. The van der Waals surface area contributed by atoms with Crippen LogP contribution in [0.5, 0.6) is 0 Å². The summed E-state index contributed by atoms with van der Waals surface area (Å²) in [5, 5.41) is 3.18. The standard InChI is InChI=1S/C14H16N2O3/c1-18-14(17)10-4-5-12(15)13(9-10)16-7-6-11-3-2-8-19-11/h2-5,8-9,16H,6-7,15H2,1H3. The Morgan fingerprint density at radius 2 is 2.26 bits per heavy atom. The van der Waals surface area contributed by atoms with Gasteiger partial charge in [-0.15, -0.1) is 0 Å². The molecule has 2 aromatic rings. The van der Waals surface area contributed by atoms with E-state index in [4.69, 9.17) is 10.2 Å². The highest BCUT2D eigenvalue weighted by Gasteiger charge is 2.08. The number of esters is 1. The summed E-state index contributed by atoms with van der Waals surface area (Å²) in [6, 6.07) is 8.77. The highest BCUT2D eigenvalue weighted by atomic mass is 16.5. The molecule has 0 aliphatic carbocycles. The minimum absolute atomic E-state index is 0.380. The molecule has 0 radical (unpaired) electrons. The van der Waals surface area contributed by atoms with Crippen LogP contribution in [0, 0.1) is 0 Å². The summed E-state index contributed by atoms with van der Waals surface area (Å²) in [5.41, 5.74) is 7.63. The molecule has 0 atom stereocenters. The lowest BCUT2D eigenvalue weighted by Gasteiger charge is -2.10. The Hall–Kier alpha value is -2.43. The normalized spacial score (nSPS) is 10.2. The molecular weight excluding hydrogens is 244 g/mol. The van der Waals surface area contributed by atoms with Crippen molar-refractivity contribution < 1.29 is 13.9 Å². The summed E-state index contributed by atoms with van der Waals surface area (Å²) in [4.78, 5) is 11.4. The highest BCUT2D eigenvalue weighted by molar-refractivity contribution is 5.91. The van der Waals surface area contributed by atoms with Gasteiger partial charge >= 0.3 is 5.97 Å². The van der Waals surface area contributed by atoms with Crippen LogP contribution in [0.25, 0.3) is 0 Å². The number of rotatable bonds is 5. The first-order chi connectivity index (χ1) is 9.20. The molecule has 0 amide bonds. The number of furan rings is 1. The Kier molecular flexibility index (Phi) is 4.07. The van der Waals surface area contributed by atoms with Crippen molar-refractivity contribution in [2.75, 3.05) is 24.7 Å². The monoisotopic (exact) mass is 260 g/mol. The molecule has 0 saturated carbocycles. The molecule has 19 heavy (non-hydrogen) atoms. The van der Waals surface area contributed by atoms with E-state index in [1.807, 2.05) is 12.1 Å². The quantitative estimate of drug-likeness (QED) is 0.637. The molecule has 1 heterocycles. The van der Waals surface area contributed by atoms with Gasteiger partial charge < -0.3 is 20.2 Å². The van der Waals surface area contributed by atoms with Crippen LogP contribution in [0.15, 0.2) is 41.0 Å². The molecule has 1 aromatic carbocycles. The van der Waals surface area contributed by atoms with Crippen LogP contribution in [0.3, 0.4) is 0 Å². The molecule has 100 valence electrons. The van der Waals surface area contributed by atoms with Crippen molar-refractivity contribution in [3.05, 3.63) is 47.9 Å². The molecule has 0 saturated heterocycles. The van der Waals surface area contributed by atoms with E-state index in [0.717, 1.165) is 17.9 Å². The molecule has 2 rings (SSSR count). The fraction of sp³-hybridized carbons (Fsp3) is 0.214.